The third kappa shape index (κ3) is 4.01. The molecule has 0 amide bonds. The van der Waals surface area contributed by atoms with Crippen molar-refractivity contribution in [2.75, 3.05) is 13.7 Å². The number of nitrogens with zero attached hydrogens (tertiary/aromatic N) is 2. The maximum Gasteiger partial charge on any atom is 0.274 e. The fourth-order valence-electron chi connectivity index (χ4n) is 3.30. The van der Waals surface area contributed by atoms with Gasteiger partial charge in [0.2, 0.25) is 10.0 Å². The highest BCUT2D eigenvalue weighted by atomic mass is 32.2. The van der Waals surface area contributed by atoms with Crippen LogP contribution in [0.3, 0.4) is 0 Å². The Kier molecular flexibility index (Phi) is 5.56. The number of hydroxylamine groups is 2. The summed E-state index contributed by atoms with van der Waals surface area (Å²) in [5.41, 5.74) is 1.01. The first kappa shape index (κ1) is 19.4. The minimum Gasteiger partial charge on any atom is -0.297 e. The first-order valence-electron chi connectivity index (χ1n) is 8.46. The van der Waals surface area contributed by atoms with E-state index in [9.17, 15) is 18.5 Å². The Morgan fingerprint density at radius 1 is 1.19 bits per heavy atom. The molecule has 1 heterocycles. The summed E-state index contributed by atoms with van der Waals surface area (Å²) in [5.74, 6) is 0. The molecule has 1 aliphatic rings. The summed E-state index contributed by atoms with van der Waals surface area (Å²) in [6.45, 7) is 1.68. The molecule has 3 atom stereocenters. The van der Waals surface area contributed by atoms with Crippen molar-refractivity contribution >= 4 is 15.7 Å². The van der Waals surface area contributed by atoms with Gasteiger partial charge in [0.1, 0.15) is 5.25 Å². The molecule has 144 valence electrons. The van der Waals surface area contributed by atoms with E-state index >= 15 is 0 Å². The van der Waals surface area contributed by atoms with Crippen molar-refractivity contribution in [3.05, 3.63) is 75.8 Å². The van der Waals surface area contributed by atoms with Gasteiger partial charge >= 0.3 is 0 Å². The molecule has 8 nitrogen and oxygen atoms in total. The predicted octanol–water partition coefficient (Wildman–Crippen LogP) is 2.56. The van der Waals surface area contributed by atoms with Gasteiger partial charge in [0.05, 0.1) is 23.1 Å². The van der Waals surface area contributed by atoms with Gasteiger partial charge in [-0.15, -0.1) is 0 Å². The van der Waals surface area contributed by atoms with E-state index in [1.54, 1.807) is 32.2 Å². The van der Waals surface area contributed by atoms with Crippen molar-refractivity contribution in [1.82, 2.24) is 9.79 Å². The highest BCUT2D eigenvalue weighted by molar-refractivity contribution is 7.90. The number of para-hydroxylation sites is 1. The monoisotopic (exact) mass is 391 g/mol. The number of hydrogen-bond donors (Lipinski definition) is 1. The lowest BCUT2D eigenvalue weighted by molar-refractivity contribution is -0.386. The van der Waals surface area contributed by atoms with Gasteiger partial charge in [-0.05, 0) is 12.5 Å². The van der Waals surface area contributed by atoms with E-state index in [0.29, 0.717) is 5.56 Å². The Labute approximate surface area is 157 Å². The standard InChI is InChI=1S/C18H21N3O5S/c1-13(14-8-4-3-5-9-14)19-27(24,25)17-12-26-20(2)18(17)15-10-6-7-11-16(15)21(22)23/h3-11,13,17-19H,12H2,1-2H3/t13-,17-,18+/m0/s1. The first-order valence-corrected chi connectivity index (χ1v) is 10.0. The summed E-state index contributed by atoms with van der Waals surface area (Å²) < 4.78 is 28.8. The Morgan fingerprint density at radius 3 is 2.48 bits per heavy atom. The van der Waals surface area contributed by atoms with Crippen LogP contribution in [0, 0.1) is 10.1 Å². The molecule has 1 fully saturated rings. The van der Waals surface area contributed by atoms with Gasteiger partial charge in [0.25, 0.3) is 5.69 Å². The molecule has 1 saturated heterocycles. The van der Waals surface area contributed by atoms with Gasteiger partial charge in [0, 0.05) is 19.2 Å². The topological polar surface area (TPSA) is 102 Å². The van der Waals surface area contributed by atoms with E-state index < -0.39 is 32.3 Å². The van der Waals surface area contributed by atoms with E-state index in [0.717, 1.165) is 5.56 Å². The second kappa shape index (κ2) is 7.73. The van der Waals surface area contributed by atoms with Gasteiger partial charge in [0.15, 0.2) is 0 Å². The molecule has 27 heavy (non-hydrogen) atoms. The average Bonchev–Trinajstić information content (AvgIpc) is 3.04. The van der Waals surface area contributed by atoms with E-state index in [1.807, 2.05) is 30.3 Å². The van der Waals surface area contributed by atoms with E-state index in [1.165, 1.54) is 11.1 Å². The summed E-state index contributed by atoms with van der Waals surface area (Å²) in [5, 5.41) is 11.8. The Bertz CT molecular complexity index is 920. The van der Waals surface area contributed by atoms with Crippen LogP contribution in [0.4, 0.5) is 5.69 Å². The second-order valence-electron chi connectivity index (χ2n) is 6.44. The van der Waals surface area contributed by atoms with Crippen LogP contribution in [0.25, 0.3) is 0 Å². The Balaban J connectivity index is 1.92. The quantitative estimate of drug-likeness (QED) is 0.600. The zero-order valence-electron chi connectivity index (χ0n) is 15.0. The lowest BCUT2D eigenvalue weighted by Gasteiger charge is -2.24. The molecule has 1 N–H and O–H groups in total. The van der Waals surface area contributed by atoms with Gasteiger partial charge in [-0.2, -0.15) is 5.06 Å². The van der Waals surface area contributed by atoms with Crippen LogP contribution in [0.2, 0.25) is 0 Å². The van der Waals surface area contributed by atoms with Crippen molar-refractivity contribution in [2.24, 2.45) is 0 Å². The third-order valence-electron chi connectivity index (χ3n) is 4.68. The summed E-state index contributed by atoms with van der Waals surface area (Å²) in [4.78, 5) is 16.3. The highest BCUT2D eigenvalue weighted by Gasteiger charge is 2.45. The summed E-state index contributed by atoms with van der Waals surface area (Å²) >= 11 is 0. The normalized spacial score (nSPS) is 21.9. The molecule has 0 bridgehead atoms. The van der Waals surface area contributed by atoms with Crippen molar-refractivity contribution in [1.29, 1.82) is 0 Å². The van der Waals surface area contributed by atoms with Gasteiger partial charge in [-0.3, -0.25) is 15.0 Å². The molecule has 0 spiro atoms. The predicted molar refractivity (Wildman–Crippen MR) is 100 cm³/mol. The summed E-state index contributed by atoms with van der Waals surface area (Å²) in [6, 6.07) is 14.1. The SMILES string of the molecule is C[C@H](NS(=O)(=O)[C@H]1CON(C)[C@@H]1c1ccccc1[N+](=O)[O-])c1ccccc1. The molecule has 0 aliphatic carbocycles. The molecule has 0 radical (unpaired) electrons. The number of benzene rings is 2. The van der Waals surface area contributed by atoms with Crippen LogP contribution >= 0.6 is 0 Å². The largest absolute Gasteiger partial charge is 0.297 e. The molecular formula is C18H21N3O5S. The Morgan fingerprint density at radius 2 is 1.81 bits per heavy atom. The van der Waals surface area contributed by atoms with Crippen molar-refractivity contribution < 1.29 is 18.2 Å². The molecule has 2 aromatic rings. The number of nitro benzene ring substituents is 1. The fraction of sp³-hybridized carbons (Fsp3) is 0.333. The van der Waals surface area contributed by atoms with Gasteiger partial charge in [-0.25, -0.2) is 13.1 Å². The Hall–Kier alpha value is -2.33. The maximum atomic E-state index is 13.0. The van der Waals surface area contributed by atoms with Crippen LogP contribution in [-0.4, -0.2) is 37.3 Å². The average molecular weight is 391 g/mol. The molecule has 0 unspecified atom stereocenters. The van der Waals surface area contributed by atoms with E-state index in [4.69, 9.17) is 4.84 Å². The van der Waals surface area contributed by atoms with Crippen LogP contribution in [0.15, 0.2) is 54.6 Å². The van der Waals surface area contributed by atoms with Crippen LogP contribution < -0.4 is 4.72 Å². The minimum atomic E-state index is -3.82. The lowest BCUT2D eigenvalue weighted by atomic mass is 10.0. The molecule has 0 aromatic heterocycles. The smallest absolute Gasteiger partial charge is 0.274 e. The molecule has 9 heteroatoms. The number of hydrogen-bond acceptors (Lipinski definition) is 6. The van der Waals surface area contributed by atoms with Crippen molar-refractivity contribution in [3.8, 4) is 0 Å². The maximum absolute atomic E-state index is 13.0. The summed E-state index contributed by atoms with van der Waals surface area (Å²) in [7, 11) is -2.24. The fourth-order valence-corrected chi connectivity index (χ4v) is 5.00. The summed E-state index contributed by atoms with van der Waals surface area (Å²) in [6.07, 6.45) is 0. The number of sulfonamides is 1. The molecule has 2 aromatic carbocycles. The van der Waals surface area contributed by atoms with Gasteiger partial charge < -0.3 is 0 Å². The molecule has 1 aliphatic heterocycles. The number of nitrogens with one attached hydrogen (secondary N) is 1. The van der Waals surface area contributed by atoms with Crippen molar-refractivity contribution in [3.63, 3.8) is 0 Å². The number of rotatable bonds is 6. The van der Waals surface area contributed by atoms with E-state index in [-0.39, 0.29) is 12.3 Å². The molecular weight excluding hydrogens is 370 g/mol. The second-order valence-corrected chi connectivity index (χ2v) is 8.37. The van der Waals surface area contributed by atoms with E-state index in [2.05, 4.69) is 4.72 Å². The van der Waals surface area contributed by atoms with Crippen molar-refractivity contribution in [2.45, 2.75) is 24.3 Å². The van der Waals surface area contributed by atoms with Crippen LogP contribution in [0.1, 0.15) is 30.1 Å². The first-order chi connectivity index (χ1) is 12.8. The number of nitro groups is 1. The lowest BCUT2D eigenvalue weighted by Crippen LogP contribution is -2.40. The van der Waals surface area contributed by atoms with Crippen LogP contribution in [0.5, 0.6) is 0 Å². The molecule has 0 saturated carbocycles. The zero-order valence-corrected chi connectivity index (χ0v) is 15.8. The van der Waals surface area contributed by atoms with Gasteiger partial charge in [-0.1, -0.05) is 48.5 Å². The molecule has 3 rings (SSSR count). The highest BCUT2D eigenvalue weighted by Crippen LogP contribution is 2.38. The minimum absolute atomic E-state index is 0.0793. The zero-order chi connectivity index (χ0) is 19.6. The van der Waals surface area contributed by atoms with Crippen LogP contribution in [-0.2, 0) is 14.9 Å². The third-order valence-corrected chi connectivity index (χ3v) is 6.55.